The molecule has 0 aromatic rings. The van der Waals surface area contributed by atoms with Crippen molar-refractivity contribution in [2.45, 2.75) is 13.8 Å². The van der Waals surface area contributed by atoms with Gasteiger partial charge in [0.1, 0.15) is 8.98 Å². The van der Waals surface area contributed by atoms with Crippen LogP contribution in [-0.4, -0.2) is 36.2 Å². The topological polar surface area (TPSA) is 23.5 Å². The van der Waals surface area contributed by atoms with Gasteiger partial charge in [-0.3, -0.25) is 4.90 Å². The van der Waals surface area contributed by atoms with Crippen molar-refractivity contribution in [3.05, 3.63) is 20.1 Å². The van der Waals surface area contributed by atoms with Crippen molar-refractivity contribution >= 4 is 46.4 Å². The summed E-state index contributed by atoms with van der Waals surface area (Å²) in [6.07, 6.45) is 0. The Morgan fingerprint density at radius 1 is 0.938 bits per heavy atom. The van der Waals surface area contributed by atoms with Crippen LogP contribution in [0.2, 0.25) is 0 Å². The van der Waals surface area contributed by atoms with Gasteiger partial charge in [0.15, 0.2) is 0 Å². The molecule has 1 N–H and O–H groups in total. The molecule has 6 heteroatoms. The van der Waals surface area contributed by atoms with E-state index in [0.717, 1.165) is 11.1 Å². The van der Waals surface area contributed by atoms with E-state index in [0.29, 0.717) is 19.6 Å². The van der Waals surface area contributed by atoms with Crippen LogP contribution in [0.3, 0.4) is 0 Å². The van der Waals surface area contributed by atoms with Crippen LogP contribution < -0.4 is 0 Å². The highest BCUT2D eigenvalue weighted by Gasteiger charge is 2.09. The van der Waals surface area contributed by atoms with Gasteiger partial charge in [-0.2, -0.15) is 0 Å². The average molecular weight is 307 g/mol. The summed E-state index contributed by atoms with van der Waals surface area (Å²) in [5.41, 5.74) is 1.69. The normalized spacial score (nSPS) is 10.5. The Hall–Kier alpha value is 0.560. The fraction of sp³-hybridized carbons (Fsp3) is 0.600. The van der Waals surface area contributed by atoms with Crippen LogP contribution in [0.15, 0.2) is 20.1 Å². The van der Waals surface area contributed by atoms with Crippen molar-refractivity contribution in [2.75, 3.05) is 26.2 Å². The second-order valence-electron chi connectivity index (χ2n) is 3.52. The average Bonchev–Trinajstić information content (AvgIpc) is 2.17. The lowest BCUT2D eigenvalue weighted by Gasteiger charge is -2.22. The van der Waals surface area contributed by atoms with Gasteiger partial charge in [0, 0.05) is 19.6 Å². The monoisotopic (exact) mass is 305 g/mol. The Morgan fingerprint density at radius 3 is 1.56 bits per heavy atom. The van der Waals surface area contributed by atoms with E-state index < -0.39 is 0 Å². The largest absolute Gasteiger partial charge is 0.395 e. The molecule has 0 radical (unpaired) electrons. The molecule has 0 saturated carbocycles. The molecule has 0 aliphatic carbocycles. The van der Waals surface area contributed by atoms with Gasteiger partial charge in [0.2, 0.25) is 0 Å². The fourth-order valence-electron chi connectivity index (χ4n) is 1.15. The first kappa shape index (κ1) is 16.6. The predicted molar refractivity (Wildman–Crippen MR) is 72.3 cm³/mol. The van der Waals surface area contributed by atoms with Gasteiger partial charge in [-0.25, -0.2) is 0 Å². The molecule has 0 unspecified atom stereocenters. The molecule has 0 fully saturated rings. The molecule has 0 aromatic heterocycles. The van der Waals surface area contributed by atoms with Crippen LogP contribution in [0.25, 0.3) is 0 Å². The van der Waals surface area contributed by atoms with Gasteiger partial charge in [0.25, 0.3) is 0 Å². The van der Waals surface area contributed by atoms with Crippen molar-refractivity contribution in [1.29, 1.82) is 0 Å². The third-order valence-electron chi connectivity index (χ3n) is 1.98. The molecule has 0 atom stereocenters. The maximum Gasteiger partial charge on any atom is 0.107 e. The summed E-state index contributed by atoms with van der Waals surface area (Å²) in [4.78, 5) is 1.96. The quantitative estimate of drug-likeness (QED) is 0.809. The molecule has 0 spiro atoms. The molecular formula is C10H15Cl4NO. The minimum Gasteiger partial charge on any atom is -0.395 e. The number of aliphatic hydroxyl groups is 1. The van der Waals surface area contributed by atoms with Crippen molar-refractivity contribution in [1.82, 2.24) is 4.90 Å². The molecule has 94 valence electrons. The zero-order valence-electron chi connectivity index (χ0n) is 9.23. The van der Waals surface area contributed by atoms with E-state index >= 15 is 0 Å². The molecule has 0 rings (SSSR count). The van der Waals surface area contributed by atoms with Gasteiger partial charge in [-0.05, 0) is 25.0 Å². The number of hydrogen-bond donors (Lipinski definition) is 1. The highest BCUT2D eigenvalue weighted by atomic mass is 35.5. The van der Waals surface area contributed by atoms with Gasteiger partial charge in [-0.15, -0.1) is 0 Å². The minimum atomic E-state index is 0.0559. The first-order chi connectivity index (χ1) is 7.38. The maximum absolute atomic E-state index is 8.93. The van der Waals surface area contributed by atoms with E-state index in [1.807, 2.05) is 18.7 Å². The second kappa shape index (κ2) is 8.62. The zero-order chi connectivity index (χ0) is 12.7. The van der Waals surface area contributed by atoms with Crippen molar-refractivity contribution in [3.8, 4) is 0 Å². The van der Waals surface area contributed by atoms with Crippen LogP contribution in [-0.2, 0) is 0 Å². The fourth-order valence-corrected chi connectivity index (χ4v) is 1.38. The first-order valence-corrected chi connectivity index (χ1v) is 6.24. The van der Waals surface area contributed by atoms with E-state index in [2.05, 4.69) is 0 Å². The van der Waals surface area contributed by atoms with Crippen LogP contribution in [0.5, 0.6) is 0 Å². The van der Waals surface area contributed by atoms with Gasteiger partial charge < -0.3 is 5.11 Å². The molecule has 0 heterocycles. The molecule has 0 aromatic carbocycles. The molecule has 2 nitrogen and oxygen atoms in total. The van der Waals surface area contributed by atoms with Gasteiger partial charge in [-0.1, -0.05) is 46.4 Å². The number of hydrogen-bond acceptors (Lipinski definition) is 2. The second-order valence-corrected chi connectivity index (χ2v) is 5.41. The molecular weight excluding hydrogens is 292 g/mol. The lowest BCUT2D eigenvalue weighted by atomic mass is 10.2. The zero-order valence-corrected chi connectivity index (χ0v) is 12.3. The third-order valence-corrected chi connectivity index (χ3v) is 3.27. The Morgan fingerprint density at radius 2 is 1.31 bits per heavy atom. The van der Waals surface area contributed by atoms with E-state index in [-0.39, 0.29) is 15.6 Å². The summed E-state index contributed by atoms with van der Waals surface area (Å²) in [5, 5.41) is 8.93. The Labute approximate surface area is 116 Å². The molecule has 0 amide bonds. The molecule has 0 saturated heterocycles. The summed E-state index contributed by atoms with van der Waals surface area (Å²) < 4.78 is 0.503. The molecule has 16 heavy (non-hydrogen) atoms. The lowest BCUT2D eigenvalue weighted by Crippen LogP contribution is -2.30. The summed E-state index contributed by atoms with van der Waals surface area (Å²) in [7, 11) is 0. The third kappa shape index (κ3) is 7.00. The minimum absolute atomic E-state index is 0.0559. The number of rotatable bonds is 6. The van der Waals surface area contributed by atoms with E-state index in [9.17, 15) is 0 Å². The SMILES string of the molecule is CC(CN(CCO)CC(C)=C(Cl)Cl)=C(Cl)Cl. The Bertz CT molecular complexity index is 255. The maximum atomic E-state index is 8.93. The van der Waals surface area contributed by atoms with Crippen molar-refractivity contribution < 1.29 is 5.11 Å². The standard InChI is InChI=1S/C10H15Cl4NO/c1-7(9(11)12)5-15(3-4-16)6-8(2)10(13)14/h16H,3-6H2,1-2H3. The van der Waals surface area contributed by atoms with Gasteiger partial charge in [0.05, 0.1) is 6.61 Å². The highest BCUT2D eigenvalue weighted by molar-refractivity contribution is 6.56. The van der Waals surface area contributed by atoms with Crippen LogP contribution in [0.4, 0.5) is 0 Å². The van der Waals surface area contributed by atoms with Crippen molar-refractivity contribution in [3.63, 3.8) is 0 Å². The number of halogens is 4. The van der Waals surface area contributed by atoms with E-state index in [1.165, 1.54) is 0 Å². The lowest BCUT2D eigenvalue weighted by molar-refractivity contribution is 0.215. The molecule has 0 bridgehead atoms. The van der Waals surface area contributed by atoms with Crippen LogP contribution >= 0.6 is 46.4 Å². The van der Waals surface area contributed by atoms with Crippen molar-refractivity contribution in [2.24, 2.45) is 0 Å². The first-order valence-electron chi connectivity index (χ1n) is 4.73. The summed E-state index contributed by atoms with van der Waals surface area (Å²) in [5.74, 6) is 0. The van der Waals surface area contributed by atoms with Crippen LogP contribution in [0.1, 0.15) is 13.8 Å². The summed E-state index contributed by atoms with van der Waals surface area (Å²) in [6.45, 7) is 5.38. The number of nitrogens with zero attached hydrogens (tertiary/aromatic N) is 1. The summed E-state index contributed by atoms with van der Waals surface area (Å²) in [6, 6.07) is 0. The Balaban J connectivity index is 4.52. The van der Waals surface area contributed by atoms with E-state index in [1.54, 1.807) is 0 Å². The Kier molecular flexibility index (Phi) is 8.92. The van der Waals surface area contributed by atoms with Gasteiger partial charge >= 0.3 is 0 Å². The van der Waals surface area contributed by atoms with E-state index in [4.69, 9.17) is 51.5 Å². The van der Waals surface area contributed by atoms with Crippen LogP contribution in [0, 0.1) is 0 Å². The predicted octanol–water partition coefficient (Wildman–Crippen LogP) is 3.70. The summed E-state index contributed by atoms with van der Waals surface area (Å²) >= 11 is 22.7. The molecule has 0 aliphatic heterocycles. The highest BCUT2D eigenvalue weighted by Crippen LogP contribution is 2.17. The molecule has 0 aliphatic rings. The number of aliphatic hydroxyl groups excluding tert-OH is 1. The smallest absolute Gasteiger partial charge is 0.107 e.